The topological polar surface area (TPSA) is 32.3 Å². The van der Waals surface area contributed by atoms with Crippen molar-refractivity contribution in [3.63, 3.8) is 0 Å². The fourth-order valence-corrected chi connectivity index (χ4v) is 4.96. The summed E-state index contributed by atoms with van der Waals surface area (Å²) in [6.07, 6.45) is 3.80. The van der Waals surface area contributed by atoms with Gasteiger partial charge in [-0.25, -0.2) is 0 Å². The Labute approximate surface area is 200 Å². The lowest BCUT2D eigenvalue weighted by Gasteiger charge is -2.27. The van der Waals surface area contributed by atoms with Gasteiger partial charge in [0.1, 0.15) is 0 Å². The summed E-state index contributed by atoms with van der Waals surface area (Å²) >= 11 is 4.53. The maximum absolute atomic E-state index is 13.2. The minimum atomic E-state index is -0.0871. The van der Waals surface area contributed by atoms with Crippen molar-refractivity contribution in [3.05, 3.63) is 96.1 Å². The minimum absolute atomic E-state index is 0.0871. The molecule has 33 heavy (non-hydrogen) atoms. The van der Waals surface area contributed by atoms with Crippen molar-refractivity contribution in [3.8, 4) is 11.1 Å². The van der Waals surface area contributed by atoms with Gasteiger partial charge in [-0.1, -0.05) is 61.0 Å². The zero-order valence-electron chi connectivity index (χ0n) is 18.6. The molecule has 4 aromatic rings. The summed E-state index contributed by atoms with van der Waals surface area (Å²) in [5.74, 6) is -0.0871. The number of anilines is 1. The summed E-state index contributed by atoms with van der Waals surface area (Å²) in [5.41, 5.74) is 5.06. The fourth-order valence-electron chi connectivity index (χ4n) is 4.67. The summed E-state index contributed by atoms with van der Waals surface area (Å²) in [6, 6.07) is 28.5. The largest absolute Gasteiger partial charge is 0.322 e. The second-order valence-corrected chi connectivity index (χ2v) is 9.22. The SMILES string of the molecule is O=C(Nc1ccc2c(S)cccc2c1)c1ccc(-c2ccccc2)c(CN2CCCCC2)c1. The van der Waals surface area contributed by atoms with Gasteiger partial charge in [0.2, 0.25) is 0 Å². The molecule has 0 unspecified atom stereocenters. The number of nitrogens with zero attached hydrogens (tertiary/aromatic N) is 1. The zero-order chi connectivity index (χ0) is 22.6. The summed E-state index contributed by atoms with van der Waals surface area (Å²) in [5, 5.41) is 5.22. The number of nitrogens with one attached hydrogen (secondary N) is 1. The molecular formula is C29H28N2OS. The molecule has 0 radical (unpaired) electrons. The van der Waals surface area contributed by atoms with E-state index in [0.717, 1.165) is 41.0 Å². The monoisotopic (exact) mass is 452 g/mol. The van der Waals surface area contributed by atoms with E-state index in [1.54, 1.807) is 0 Å². The maximum atomic E-state index is 13.2. The number of amides is 1. The molecule has 5 rings (SSSR count). The van der Waals surface area contributed by atoms with Gasteiger partial charge in [0.05, 0.1) is 0 Å². The van der Waals surface area contributed by atoms with E-state index in [-0.39, 0.29) is 5.91 Å². The molecule has 4 heteroatoms. The van der Waals surface area contributed by atoms with Crippen LogP contribution < -0.4 is 5.32 Å². The van der Waals surface area contributed by atoms with Crippen LogP contribution in [-0.2, 0) is 6.54 Å². The Bertz CT molecular complexity index is 1280. The van der Waals surface area contributed by atoms with Crippen LogP contribution in [0.4, 0.5) is 5.69 Å². The van der Waals surface area contributed by atoms with Crippen molar-refractivity contribution in [2.24, 2.45) is 0 Å². The normalized spacial score (nSPS) is 14.3. The predicted octanol–water partition coefficient (Wildman–Crippen LogP) is 7.03. The molecule has 0 bridgehead atoms. The first-order valence-corrected chi connectivity index (χ1v) is 12.1. The number of likely N-dealkylation sites (tertiary alicyclic amines) is 1. The molecule has 0 spiro atoms. The summed E-state index contributed by atoms with van der Waals surface area (Å²) < 4.78 is 0. The maximum Gasteiger partial charge on any atom is 0.255 e. The van der Waals surface area contributed by atoms with Crippen LogP contribution in [-0.4, -0.2) is 23.9 Å². The highest BCUT2D eigenvalue weighted by Crippen LogP contribution is 2.28. The van der Waals surface area contributed by atoms with Gasteiger partial charge in [-0.2, -0.15) is 0 Å². The van der Waals surface area contributed by atoms with Crippen molar-refractivity contribution in [2.45, 2.75) is 30.7 Å². The second kappa shape index (κ2) is 9.82. The Hall–Kier alpha value is -3.08. The van der Waals surface area contributed by atoms with Crippen molar-refractivity contribution >= 4 is 35.0 Å². The van der Waals surface area contributed by atoms with Gasteiger partial charge < -0.3 is 5.32 Å². The second-order valence-electron chi connectivity index (χ2n) is 8.74. The third-order valence-corrected chi connectivity index (χ3v) is 6.80. The number of benzene rings is 4. The van der Waals surface area contributed by atoms with E-state index < -0.39 is 0 Å². The lowest BCUT2D eigenvalue weighted by molar-refractivity contribution is 0.102. The molecule has 0 saturated carbocycles. The van der Waals surface area contributed by atoms with E-state index in [0.29, 0.717) is 5.56 Å². The first kappa shape index (κ1) is 21.7. The molecule has 1 amide bonds. The van der Waals surface area contributed by atoms with Crippen molar-refractivity contribution in [1.29, 1.82) is 0 Å². The number of hydrogen-bond acceptors (Lipinski definition) is 3. The first-order valence-electron chi connectivity index (χ1n) is 11.6. The van der Waals surface area contributed by atoms with Crippen LogP contribution in [0.1, 0.15) is 35.2 Å². The number of carbonyl (C=O) groups excluding carboxylic acids is 1. The molecule has 3 nitrogen and oxygen atoms in total. The lowest BCUT2D eigenvalue weighted by Crippen LogP contribution is -2.29. The number of rotatable bonds is 5. The van der Waals surface area contributed by atoms with Crippen LogP contribution >= 0.6 is 12.6 Å². The van der Waals surface area contributed by atoms with Crippen LogP contribution in [0.5, 0.6) is 0 Å². The van der Waals surface area contributed by atoms with E-state index in [1.165, 1.54) is 36.0 Å². The predicted molar refractivity (Wildman–Crippen MR) is 140 cm³/mol. The number of hydrogen-bond donors (Lipinski definition) is 2. The Morgan fingerprint density at radius 3 is 2.48 bits per heavy atom. The van der Waals surface area contributed by atoms with Gasteiger partial charge in [0.15, 0.2) is 0 Å². The highest BCUT2D eigenvalue weighted by Gasteiger charge is 2.16. The van der Waals surface area contributed by atoms with Crippen molar-refractivity contribution in [1.82, 2.24) is 4.90 Å². The highest BCUT2D eigenvalue weighted by molar-refractivity contribution is 7.80. The Balaban J connectivity index is 1.43. The van der Waals surface area contributed by atoms with Gasteiger partial charge in [-0.15, -0.1) is 12.6 Å². The standard InChI is InChI=1S/C29H28N2OS/c32-29(30-25-13-15-27-22(19-25)10-7-11-28(27)33)23-12-14-26(21-8-3-1-4-9-21)24(18-23)20-31-16-5-2-6-17-31/h1,3-4,7-15,18-19,33H,2,5-6,16-17,20H2,(H,30,32). The molecule has 1 fully saturated rings. The average molecular weight is 453 g/mol. The Kier molecular flexibility index (Phi) is 6.47. The fraction of sp³-hybridized carbons (Fsp3) is 0.207. The summed E-state index contributed by atoms with van der Waals surface area (Å²) in [7, 11) is 0. The quantitative estimate of drug-likeness (QED) is 0.319. The molecule has 1 heterocycles. The van der Waals surface area contributed by atoms with E-state index in [9.17, 15) is 4.79 Å². The Morgan fingerprint density at radius 1 is 0.848 bits per heavy atom. The van der Waals surface area contributed by atoms with Gasteiger partial charge >= 0.3 is 0 Å². The van der Waals surface area contributed by atoms with E-state index in [4.69, 9.17) is 0 Å². The molecular weight excluding hydrogens is 424 g/mol. The third-order valence-electron chi connectivity index (χ3n) is 6.41. The molecule has 0 aliphatic carbocycles. The van der Waals surface area contributed by atoms with Crippen molar-refractivity contribution < 1.29 is 4.79 Å². The first-order chi connectivity index (χ1) is 16.2. The van der Waals surface area contributed by atoms with Crippen LogP contribution in [0.25, 0.3) is 21.9 Å². The molecule has 1 N–H and O–H groups in total. The Morgan fingerprint density at radius 2 is 1.67 bits per heavy atom. The molecule has 0 aromatic heterocycles. The average Bonchev–Trinajstić information content (AvgIpc) is 2.85. The molecule has 1 saturated heterocycles. The van der Waals surface area contributed by atoms with Gasteiger partial charge in [0, 0.05) is 22.7 Å². The van der Waals surface area contributed by atoms with Crippen LogP contribution in [0, 0.1) is 0 Å². The molecule has 166 valence electrons. The number of carbonyl (C=O) groups is 1. The van der Waals surface area contributed by atoms with Crippen LogP contribution in [0.3, 0.4) is 0 Å². The third kappa shape index (κ3) is 4.97. The summed E-state index contributed by atoms with van der Waals surface area (Å²) in [6.45, 7) is 3.11. The number of thiol groups is 1. The molecule has 1 aliphatic heterocycles. The summed E-state index contributed by atoms with van der Waals surface area (Å²) in [4.78, 5) is 16.6. The lowest BCUT2D eigenvalue weighted by atomic mass is 9.96. The number of fused-ring (bicyclic) bond motifs is 1. The van der Waals surface area contributed by atoms with E-state index in [2.05, 4.69) is 59.2 Å². The molecule has 1 aliphatic rings. The van der Waals surface area contributed by atoms with Gasteiger partial charge in [0.25, 0.3) is 5.91 Å². The number of piperidine rings is 1. The van der Waals surface area contributed by atoms with Crippen LogP contribution in [0.2, 0.25) is 0 Å². The highest BCUT2D eigenvalue weighted by atomic mass is 32.1. The van der Waals surface area contributed by atoms with Gasteiger partial charge in [-0.3, -0.25) is 9.69 Å². The smallest absolute Gasteiger partial charge is 0.255 e. The van der Waals surface area contributed by atoms with Crippen LogP contribution in [0.15, 0.2) is 89.8 Å². The van der Waals surface area contributed by atoms with E-state index in [1.807, 2.05) is 48.5 Å². The molecule has 0 atom stereocenters. The molecule has 4 aromatic carbocycles. The van der Waals surface area contributed by atoms with Gasteiger partial charge in [-0.05, 0) is 83.7 Å². The van der Waals surface area contributed by atoms with E-state index >= 15 is 0 Å². The zero-order valence-corrected chi connectivity index (χ0v) is 19.5. The minimum Gasteiger partial charge on any atom is -0.322 e. The van der Waals surface area contributed by atoms with Crippen molar-refractivity contribution in [2.75, 3.05) is 18.4 Å².